The quantitative estimate of drug-likeness (QED) is 0.0883. The van der Waals surface area contributed by atoms with Gasteiger partial charge in [-0.1, -0.05) is 41.5 Å². The molecule has 0 amide bonds. The Bertz CT molecular complexity index is 853. The van der Waals surface area contributed by atoms with E-state index in [1.54, 1.807) is 6.92 Å². The first-order chi connectivity index (χ1) is 21.9. The summed E-state index contributed by atoms with van der Waals surface area (Å²) in [6, 6.07) is 0. The molecule has 0 unspecified atom stereocenters. The second-order valence-corrected chi connectivity index (χ2v) is 11.6. The van der Waals surface area contributed by atoms with E-state index in [-0.39, 0.29) is 91.4 Å². The molecule has 0 aliphatic carbocycles. The molecule has 13 nitrogen and oxygen atoms in total. The summed E-state index contributed by atoms with van der Waals surface area (Å²) >= 11 is 0. The molecule has 0 aromatic heterocycles. The van der Waals surface area contributed by atoms with E-state index in [0.717, 1.165) is 0 Å². The van der Waals surface area contributed by atoms with Crippen LogP contribution in [0.1, 0.15) is 112 Å². The fourth-order valence-corrected chi connectivity index (χ4v) is 3.87. The first-order valence-electron chi connectivity index (χ1n) is 16.5. The molecular formula is C33H56O13. The van der Waals surface area contributed by atoms with Crippen LogP contribution >= 0.6 is 0 Å². The zero-order valence-electron chi connectivity index (χ0n) is 28.7. The van der Waals surface area contributed by atoms with E-state index in [1.165, 1.54) is 0 Å². The maximum atomic E-state index is 12.4. The lowest BCUT2D eigenvalue weighted by molar-refractivity contribution is -0.175. The van der Waals surface area contributed by atoms with E-state index in [0.29, 0.717) is 32.1 Å². The zero-order valence-corrected chi connectivity index (χ0v) is 28.7. The third kappa shape index (κ3) is 19.3. The Kier molecular flexibility index (Phi) is 23.2. The molecule has 0 aromatic carbocycles. The summed E-state index contributed by atoms with van der Waals surface area (Å²) in [5.74, 6) is -2.96. The Hall–Kier alpha value is -3.22. The summed E-state index contributed by atoms with van der Waals surface area (Å²) in [4.78, 5) is 73.9. The van der Waals surface area contributed by atoms with Crippen molar-refractivity contribution in [3.05, 3.63) is 0 Å². The van der Waals surface area contributed by atoms with Gasteiger partial charge in [0.1, 0.15) is 39.6 Å². The van der Waals surface area contributed by atoms with Gasteiger partial charge in [0.15, 0.2) is 0 Å². The summed E-state index contributed by atoms with van der Waals surface area (Å²) in [7, 11) is 0. The minimum atomic E-state index is -1.31. The normalized spacial score (nSPS) is 11.3. The van der Waals surface area contributed by atoms with Gasteiger partial charge < -0.3 is 33.2 Å². The van der Waals surface area contributed by atoms with Crippen LogP contribution in [0.4, 0.5) is 0 Å². The number of carbonyl (C=O) groups is 6. The van der Waals surface area contributed by atoms with Crippen molar-refractivity contribution < 1.29 is 61.9 Å². The summed E-state index contributed by atoms with van der Waals surface area (Å²) in [5.41, 5.74) is -2.61. The van der Waals surface area contributed by atoms with Crippen LogP contribution in [0, 0.1) is 10.8 Å². The lowest BCUT2D eigenvalue weighted by Crippen LogP contribution is -2.47. The molecule has 0 bridgehead atoms. The van der Waals surface area contributed by atoms with Gasteiger partial charge in [0, 0.05) is 38.5 Å². The number of esters is 6. The van der Waals surface area contributed by atoms with Gasteiger partial charge in [-0.05, 0) is 32.1 Å². The van der Waals surface area contributed by atoms with E-state index in [9.17, 15) is 28.8 Å². The van der Waals surface area contributed by atoms with Crippen LogP contribution < -0.4 is 0 Å². The highest BCUT2D eigenvalue weighted by molar-refractivity contribution is 5.71. The molecule has 0 saturated carbocycles. The van der Waals surface area contributed by atoms with Gasteiger partial charge in [-0.2, -0.15) is 0 Å². The van der Waals surface area contributed by atoms with Gasteiger partial charge in [0.25, 0.3) is 0 Å². The smallest absolute Gasteiger partial charge is 0.305 e. The van der Waals surface area contributed by atoms with Crippen LogP contribution in [0.3, 0.4) is 0 Å². The minimum Gasteiger partial charge on any atom is -0.465 e. The average Bonchev–Trinajstić information content (AvgIpc) is 3.02. The van der Waals surface area contributed by atoms with Gasteiger partial charge in [0.2, 0.25) is 0 Å². The minimum absolute atomic E-state index is 0.0840. The van der Waals surface area contributed by atoms with Gasteiger partial charge in [-0.25, -0.2) is 0 Å². The van der Waals surface area contributed by atoms with Gasteiger partial charge in [-0.3, -0.25) is 28.8 Å². The number of rotatable bonds is 27. The van der Waals surface area contributed by atoms with Crippen LogP contribution in [0.2, 0.25) is 0 Å². The van der Waals surface area contributed by atoms with Crippen molar-refractivity contribution in [2.45, 2.75) is 112 Å². The Labute approximate surface area is 273 Å². The molecule has 0 N–H and O–H groups in total. The van der Waals surface area contributed by atoms with Crippen molar-refractivity contribution in [1.29, 1.82) is 0 Å². The highest BCUT2D eigenvalue weighted by Gasteiger charge is 2.40. The SMILES string of the molecule is CCCC(=O)OCC(COCC(COC(=O)CCC)(COC(=O)CCC)COC(=O)CCC)(COC(=O)CC)COC(=O)CCC. The molecule has 0 rings (SSSR count). The van der Waals surface area contributed by atoms with Gasteiger partial charge >= 0.3 is 35.8 Å². The van der Waals surface area contributed by atoms with E-state index in [2.05, 4.69) is 0 Å². The standard InChI is InChI=1S/C33H56O13/c1-7-13-27(35)42-21-32(20-41-26(34)12-6,22-43-28(36)14-8-2)18-40-19-33(23-44-29(37)15-9-3,24-45-30(38)16-10-4)25-46-31(39)17-11-5/h7-25H2,1-6H3. The first-order valence-corrected chi connectivity index (χ1v) is 16.5. The van der Waals surface area contributed by atoms with Crippen LogP contribution in [0.5, 0.6) is 0 Å². The Morgan fingerprint density at radius 3 is 0.761 bits per heavy atom. The topological polar surface area (TPSA) is 167 Å². The van der Waals surface area contributed by atoms with Crippen molar-refractivity contribution in [2.24, 2.45) is 10.8 Å². The summed E-state index contributed by atoms with van der Waals surface area (Å²) in [6.45, 7) is 8.46. The van der Waals surface area contributed by atoms with Gasteiger partial charge in [-0.15, -0.1) is 0 Å². The monoisotopic (exact) mass is 660 g/mol. The molecular weight excluding hydrogens is 604 g/mol. The van der Waals surface area contributed by atoms with Crippen molar-refractivity contribution in [2.75, 3.05) is 52.9 Å². The molecule has 0 saturated heterocycles. The third-order valence-corrected chi connectivity index (χ3v) is 6.61. The largest absolute Gasteiger partial charge is 0.465 e. The lowest BCUT2D eigenvalue weighted by atomic mass is 9.90. The fraction of sp³-hybridized carbons (Fsp3) is 0.818. The molecule has 266 valence electrons. The number of hydrogen-bond acceptors (Lipinski definition) is 13. The molecule has 46 heavy (non-hydrogen) atoms. The molecule has 0 spiro atoms. The van der Waals surface area contributed by atoms with Crippen molar-refractivity contribution >= 4 is 35.8 Å². The molecule has 0 atom stereocenters. The zero-order chi connectivity index (χ0) is 34.8. The van der Waals surface area contributed by atoms with Crippen LogP contribution in [0.15, 0.2) is 0 Å². The second-order valence-electron chi connectivity index (χ2n) is 11.6. The molecule has 0 aliphatic rings. The van der Waals surface area contributed by atoms with E-state index in [1.807, 2.05) is 34.6 Å². The maximum absolute atomic E-state index is 12.4. The highest BCUT2D eigenvalue weighted by Crippen LogP contribution is 2.27. The predicted octanol–water partition coefficient (Wildman–Crippen LogP) is 4.65. The molecule has 0 fully saturated rings. The maximum Gasteiger partial charge on any atom is 0.305 e. The van der Waals surface area contributed by atoms with Crippen LogP contribution in [0.25, 0.3) is 0 Å². The van der Waals surface area contributed by atoms with Crippen LogP contribution in [-0.2, 0) is 61.9 Å². The van der Waals surface area contributed by atoms with Crippen LogP contribution in [-0.4, -0.2) is 88.7 Å². The lowest BCUT2D eigenvalue weighted by Gasteiger charge is -2.35. The number of hydrogen-bond donors (Lipinski definition) is 0. The van der Waals surface area contributed by atoms with E-state index in [4.69, 9.17) is 33.2 Å². The summed E-state index contributed by atoms with van der Waals surface area (Å²) in [5, 5.41) is 0. The molecule has 0 radical (unpaired) electrons. The molecule has 0 aromatic rings. The Morgan fingerprint density at radius 1 is 0.348 bits per heavy atom. The first kappa shape index (κ1) is 42.8. The van der Waals surface area contributed by atoms with Crippen molar-refractivity contribution in [3.63, 3.8) is 0 Å². The predicted molar refractivity (Wildman–Crippen MR) is 166 cm³/mol. The number of ether oxygens (including phenoxy) is 7. The summed E-state index contributed by atoms with van der Waals surface area (Å²) in [6.07, 6.45) is 3.58. The summed E-state index contributed by atoms with van der Waals surface area (Å²) < 4.78 is 39.1. The third-order valence-electron chi connectivity index (χ3n) is 6.61. The Balaban J connectivity index is 6.41. The van der Waals surface area contributed by atoms with E-state index >= 15 is 0 Å². The highest BCUT2D eigenvalue weighted by atomic mass is 16.6. The fourth-order valence-electron chi connectivity index (χ4n) is 3.87. The van der Waals surface area contributed by atoms with Gasteiger partial charge in [0.05, 0.1) is 24.0 Å². The van der Waals surface area contributed by atoms with Crippen molar-refractivity contribution in [3.8, 4) is 0 Å². The average molecular weight is 661 g/mol. The number of carbonyl (C=O) groups excluding carboxylic acids is 6. The van der Waals surface area contributed by atoms with Crippen molar-refractivity contribution in [1.82, 2.24) is 0 Å². The molecule has 0 aliphatic heterocycles. The Morgan fingerprint density at radius 2 is 0.565 bits per heavy atom. The second kappa shape index (κ2) is 24.9. The molecule has 13 heteroatoms. The van der Waals surface area contributed by atoms with E-state index < -0.39 is 46.6 Å². The molecule has 0 heterocycles.